The highest BCUT2D eigenvalue weighted by Crippen LogP contribution is 2.27. The van der Waals surface area contributed by atoms with E-state index in [0.29, 0.717) is 26.3 Å². The second-order valence-corrected chi connectivity index (χ2v) is 8.38. The van der Waals surface area contributed by atoms with Gasteiger partial charge in [-0.1, -0.05) is 48.5 Å². The lowest BCUT2D eigenvalue weighted by atomic mass is 9.88. The van der Waals surface area contributed by atoms with Crippen molar-refractivity contribution in [2.45, 2.75) is 37.0 Å². The van der Waals surface area contributed by atoms with E-state index in [2.05, 4.69) is 10.0 Å². The number of anilines is 2. The van der Waals surface area contributed by atoms with Gasteiger partial charge in [0.25, 0.3) is 0 Å². The molecule has 0 spiro atoms. The fourth-order valence-electron chi connectivity index (χ4n) is 3.05. The molecule has 0 aliphatic heterocycles. The Kier molecular flexibility index (Phi) is 6.57. The highest BCUT2D eigenvalue weighted by Gasteiger charge is 2.21. The third kappa shape index (κ3) is 5.00. The van der Waals surface area contributed by atoms with Gasteiger partial charge < -0.3 is 10.0 Å². The molecule has 4 nitrogen and oxygen atoms in total. The number of carbonyl (C=O) groups excluding carboxylic acids is 1. The predicted octanol–water partition coefficient (Wildman–Crippen LogP) is 5.65. The summed E-state index contributed by atoms with van der Waals surface area (Å²) in [5.41, 5.74) is 1.31. The van der Waals surface area contributed by atoms with Gasteiger partial charge in [0.15, 0.2) is 11.0 Å². The van der Waals surface area contributed by atoms with E-state index in [0.717, 1.165) is 25.7 Å². The van der Waals surface area contributed by atoms with Gasteiger partial charge in [0.05, 0.1) is 9.92 Å². The number of hydrogen-bond donors (Lipinski definition) is 2. The van der Waals surface area contributed by atoms with Crippen molar-refractivity contribution in [3.05, 3.63) is 52.5 Å². The second-order valence-electron chi connectivity index (χ2n) is 6.35. The van der Waals surface area contributed by atoms with Crippen LogP contribution in [0, 0.1) is 5.92 Å². The average Bonchev–Trinajstić information content (AvgIpc) is 2.64. The third-order valence-corrected chi connectivity index (χ3v) is 6.24. The quantitative estimate of drug-likeness (QED) is 0.668. The Morgan fingerprint density at radius 3 is 2.50 bits per heavy atom. The first kappa shape index (κ1) is 19.2. The first-order valence-corrected chi connectivity index (χ1v) is 10.5. The number of amides is 1. The van der Waals surface area contributed by atoms with Gasteiger partial charge in [0, 0.05) is 22.3 Å². The van der Waals surface area contributed by atoms with Crippen LogP contribution in [0.3, 0.4) is 0 Å². The monoisotopic (exact) mass is 410 g/mol. The average molecular weight is 411 g/mol. The fraction of sp³-hybridized carbons (Fsp3) is 0.316. The number of rotatable bonds is 5. The molecule has 1 fully saturated rings. The summed E-state index contributed by atoms with van der Waals surface area (Å²) < 4.78 is 15.4. The normalized spacial score (nSPS) is 16.1. The third-order valence-electron chi connectivity index (χ3n) is 4.41. The Morgan fingerprint density at radius 2 is 1.73 bits per heavy atom. The number of halogens is 2. The van der Waals surface area contributed by atoms with E-state index >= 15 is 0 Å². The van der Waals surface area contributed by atoms with E-state index in [4.69, 9.17) is 23.2 Å². The van der Waals surface area contributed by atoms with Crippen LogP contribution in [-0.4, -0.2) is 10.1 Å². The van der Waals surface area contributed by atoms with Crippen LogP contribution in [0.25, 0.3) is 0 Å². The van der Waals surface area contributed by atoms with E-state index in [1.54, 1.807) is 36.4 Å². The highest BCUT2D eigenvalue weighted by molar-refractivity contribution is 7.86. The molecule has 26 heavy (non-hydrogen) atoms. The smallest absolute Gasteiger partial charge is 0.227 e. The summed E-state index contributed by atoms with van der Waals surface area (Å²) >= 11 is 12.0. The van der Waals surface area contributed by atoms with Gasteiger partial charge in [-0.3, -0.25) is 4.79 Å². The predicted molar refractivity (Wildman–Crippen MR) is 108 cm³/mol. The largest absolute Gasteiger partial charge is 0.326 e. The summed E-state index contributed by atoms with van der Waals surface area (Å²) in [4.78, 5) is 12.8. The second kappa shape index (κ2) is 8.89. The lowest BCUT2D eigenvalue weighted by molar-refractivity contribution is -0.120. The van der Waals surface area contributed by atoms with Crippen LogP contribution in [0.5, 0.6) is 0 Å². The van der Waals surface area contributed by atoms with Crippen LogP contribution in [-0.2, 0) is 15.8 Å². The van der Waals surface area contributed by atoms with Crippen LogP contribution < -0.4 is 10.0 Å². The number of benzene rings is 2. The molecule has 1 atom stereocenters. The maximum atomic E-state index is 12.5. The Bertz CT molecular complexity index is 823. The van der Waals surface area contributed by atoms with Crippen LogP contribution >= 0.6 is 23.2 Å². The molecule has 138 valence electrons. The number of hydrogen-bond acceptors (Lipinski definition) is 2. The van der Waals surface area contributed by atoms with Gasteiger partial charge in [0.2, 0.25) is 5.91 Å². The number of nitrogens with one attached hydrogen (secondary N) is 2. The Hall–Kier alpha value is -1.56. The van der Waals surface area contributed by atoms with E-state index in [1.807, 2.05) is 6.07 Å². The molecule has 2 aromatic carbocycles. The molecule has 0 saturated heterocycles. The van der Waals surface area contributed by atoms with Crippen LogP contribution in [0.1, 0.15) is 32.1 Å². The Morgan fingerprint density at radius 1 is 1.00 bits per heavy atom. The molecule has 0 aromatic heterocycles. The van der Waals surface area contributed by atoms with E-state index < -0.39 is 11.0 Å². The van der Waals surface area contributed by atoms with Gasteiger partial charge in [-0.05, 0) is 49.2 Å². The molecular formula is C19H20Cl2N2O2S. The van der Waals surface area contributed by atoms with Crippen molar-refractivity contribution < 1.29 is 9.00 Å². The first-order chi connectivity index (χ1) is 12.5. The standard InChI is InChI=1S/C19H20Cl2N2O2S/c20-14-9-10-17(21)18(11-14)26(25)23-16-8-4-7-15(12-16)22-19(24)13-5-2-1-3-6-13/h4,7-13,23H,1-3,5-6H2,(H,22,24). The van der Waals surface area contributed by atoms with Crippen molar-refractivity contribution in [3.8, 4) is 0 Å². The molecule has 2 N–H and O–H groups in total. The van der Waals surface area contributed by atoms with E-state index in [-0.39, 0.29) is 11.8 Å². The van der Waals surface area contributed by atoms with E-state index in [9.17, 15) is 9.00 Å². The highest BCUT2D eigenvalue weighted by atomic mass is 35.5. The van der Waals surface area contributed by atoms with Crippen molar-refractivity contribution in [2.75, 3.05) is 10.0 Å². The summed E-state index contributed by atoms with van der Waals surface area (Å²) in [6, 6.07) is 12.0. The first-order valence-electron chi connectivity index (χ1n) is 8.57. The number of carbonyl (C=O) groups is 1. The molecule has 0 radical (unpaired) electrons. The van der Waals surface area contributed by atoms with Crippen LogP contribution in [0.2, 0.25) is 10.0 Å². The lowest BCUT2D eigenvalue weighted by Gasteiger charge is -2.20. The molecule has 2 aromatic rings. The molecule has 0 bridgehead atoms. The minimum atomic E-state index is -1.56. The van der Waals surface area contributed by atoms with Gasteiger partial charge in [-0.2, -0.15) is 0 Å². The van der Waals surface area contributed by atoms with Gasteiger partial charge >= 0.3 is 0 Å². The van der Waals surface area contributed by atoms with Crippen molar-refractivity contribution >= 4 is 51.5 Å². The minimum absolute atomic E-state index is 0.0564. The molecule has 0 heterocycles. The molecule has 1 aliphatic rings. The Labute approximate surface area is 165 Å². The molecule has 1 amide bonds. The summed E-state index contributed by atoms with van der Waals surface area (Å²) in [6.45, 7) is 0. The van der Waals surface area contributed by atoms with Crippen molar-refractivity contribution in [1.82, 2.24) is 0 Å². The summed E-state index contributed by atoms with van der Waals surface area (Å²) in [5.74, 6) is 0.139. The van der Waals surface area contributed by atoms with Crippen molar-refractivity contribution in [2.24, 2.45) is 5.92 Å². The van der Waals surface area contributed by atoms with Crippen molar-refractivity contribution in [3.63, 3.8) is 0 Å². The Balaban J connectivity index is 1.68. The SMILES string of the molecule is O=C(Nc1cccc(NS(=O)c2cc(Cl)ccc2Cl)c1)C1CCCCC1. The fourth-order valence-corrected chi connectivity index (χ4v) is 4.55. The summed E-state index contributed by atoms with van der Waals surface area (Å²) in [5, 5.41) is 3.80. The maximum absolute atomic E-state index is 12.5. The zero-order chi connectivity index (χ0) is 18.5. The molecule has 1 unspecified atom stereocenters. The van der Waals surface area contributed by atoms with Gasteiger partial charge in [-0.15, -0.1) is 0 Å². The lowest BCUT2D eigenvalue weighted by Crippen LogP contribution is -2.24. The molecule has 7 heteroatoms. The topological polar surface area (TPSA) is 58.2 Å². The van der Waals surface area contributed by atoms with Crippen LogP contribution in [0.15, 0.2) is 47.4 Å². The molecule has 3 rings (SSSR count). The zero-order valence-electron chi connectivity index (χ0n) is 14.1. The molecule has 1 aliphatic carbocycles. The molecule has 1 saturated carbocycles. The zero-order valence-corrected chi connectivity index (χ0v) is 16.5. The summed E-state index contributed by atoms with van der Waals surface area (Å²) in [7, 11) is -1.56. The van der Waals surface area contributed by atoms with Gasteiger partial charge in [-0.25, -0.2) is 4.21 Å². The van der Waals surface area contributed by atoms with Gasteiger partial charge in [0.1, 0.15) is 0 Å². The summed E-state index contributed by atoms with van der Waals surface area (Å²) in [6.07, 6.45) is 5.32. The van der Waals surface area contributed by atoms with Crippen molar-refractivity contribution in [1.29, 1.82) is 0 Å². The van der Waals surface area contributed by atoms with E-state index in [1.165, 1.54) is 6.42 Å². The van der Waals surface area contributed by atoms with Crippen LogP contribution in [0.4, 0.5) is 11.4 Å². The molecular weight excluding hydrogens is 391 g/mol. The maximum Gasteiger partial charge on any atom is 0.227 e. The minimum Gasteiger partial charge on any atom is -0.326 e.